The van der Waals surface area contributed by atoms with Crippen LogP contribution in [0.5, 0.6) is 0 Å². The largest absolute Gasteiger partial charge is 0.327 e. The van der Waals surface area contributed by atoms with Crippen LogP contribution in [0.1, 0.15) is 16.6 Å². The lowest BCUT2D eigenvalue weighted by Crippen LogP contribution is -2.41. The van der Waals surface area contributed by atoms with Crippen molar-refractivity contribution in [3.05, 3.63) is 4.88 Å². The highest BCUT2D eigenvalue weighted by molar-refractivity contribution is 8.00. The number of thioether (sulfide) groups is 1. The summed E-state index contributed by atoms with van der Waals surface area (Å²) in [4.78, 5) is 38.6. The van der Waals surface area contributed by atoms with Crippen LogP contribution in [-0.4, -0.2) is 32.8 Å². The van der Waals surface area contributed by atoms with Crippen LogP contribution in [-0.2, 0) is 4.79 Å². The number of Topliss-reactive ketones (excluding diaryl/α,β-unsaturated/α-hetero) is 1. The van der Waals surface area contributed by atoms with Crippen LogP contribution in [0.25, 0.3) is 0 Å². The number of carbonyl (C=O) groups excluding carboxylic acids is 3. The minimum atomic E-state index is -2.26. The molecular formula is C9H8Cl3N3O3S2. The smallest absolute Gasteiger partial charge is 0.293 e. The number of nitrogens with zero attached hydrogens (tertiary/aromatic N) is 1. The van der Waals surface area contributed by atoms with Crippen LogP contribution in [0.4, 0.5) is 10.6 Å². The lowest BCUT2D eigenvalue weighted by Gasteiger charge is -2.10. The molecule has 3 amide bonds. The molecule has 0 unspecified atom stereocenters. The summed E-state index contributed by atoms with van der Waals surface area (Å²) in [6.45, 7) is 1.34. The SMILES string of the molecule is CSc1nc(NC(=O)NC(=O)C(Cl)(Cl)Cl)c(C(C)=O)s1. The number of aromatic nitrogens is 1. The molecule has 2 N–H and O–H groups in total. The summed E-state index contributed by atoms with van der Waals surface area (Å²) in [7, 11) is 0. The van der Waals surface area contributed by atoms with Gasteiger partial charge in [-0.1, -0.05) is 46.6 Å². The molecule has 0 bridgehead atoms. The molecule has 1 aromatic heterocycles. The molecule has 1 aromatic rings. The molecule has 0 radical (unpaired) electrons. The molecule has 0 aliphatic heterocycles. The lowest BCUT2D eigenvalue weighted by molar-refractivity contribution is -0.119. The number of hydrogen-bond donors (Lipinski definition) is 2. The van der Waals surface area contributed by atoms with E-state index in [4.69, 9.17) is 34.8 Å². The van der Waals surface area contributed by atoms with Crippen LogP contribution in [0.2, 0.25) is 0 Å². The van der Waals surface area contributed by atoms with Gasteiger partial charge in [0.15, 0.2) is 15.9 Å². The van der Waals surface area contributed by atoms with Gasteiger partial charge in [-0.25, -0.2) is 9.78 Å². The molecule has 0 fully saturated rings. The van der Waals surface area contributed by atoms with Gasteiger partial charge in [0, 0.05) is 6.92 Å². The summed E-state index contributed by atoms with van der Waals surface area (Å²) in [6, 6.07) is -0.943. The van der Waals surface area contributed by atoms with E-state index in [0.29, 0.717) is 4.34 Å². The van der Waals surface area contributed by atoms with Crippen molar-refractivity contribution in [1.29, 1.82) is 0 Å². The predicted octanol–water partition coefficient (Wildman–Crippen LogP) is 3.09. The van der Waals surface area contributed by atoms with Crippen LogP contribution < -0.4 is 10.6 Å². The first-order valence-electron chi connectivity index (χ1n) is 4.90. The van der Waals surface area contributed by atoms with Gasteiger partial charge in [-0.15, -0.1) is 11.3 Å². The van der Waals surface area contributed by atoms with E-state index in [9.17, 15) is 14.4 Å². The van der Waals surface area contributed by atoms with E-state index in [2.05, 4.69) is 10.3 Å². The Morgan fingerprint density at radius 2 is 1.90 bits per heavy atom. The van der Waals surface area contributed by atoms with Crippen molar-refractivity contribution in [2.45, 2.75) is 15.1 Å². The Balaban J connectivity index is 2.83. The van der Waals surface area contributed by atoms with E-state index < -0.39 is 15.7 Å². The van der Waals surface area contributed by atoms with E-state index in [0.717, 1.165) is 11.3 Å². The van der Waals surface area contributed by atoms with Gasteiger partial charge in [-0.2, -0.15) is 0 Å². The molecule has 11 heteroatoms. The fraction of sp³-hybridized carbons (Fsp3) is 0.333. The van der Waals surface area contributed by atoms with Crippen molar-refractivity contribution < 1.29 is 14.4 Å². The van der Waals surface area contributed by atoms with Crippen molar-refractivity contribution in [3.63, 3.8) is 0 Å². The number of nitrogens with one attached hydrogen (secondary N) is 2. The predicted molar refractivity (Wildman–Crippen MR) is 81.4 cm³/mol. The fourth-order valence-corrected chi connectivity index (χ4v) is 2.58. The van der Waals surface area contributed by atoms with Gasteiger partial charge in [0.25, 0.3) is 9.70 Å². The van der Waals surface area contributed by atoms with Crippen molar-refractivity contribution in [2.24, 2.45) is 0 Å². The third-order valence-electron chi connectivity index (χ3n) is 1.82. The molecule has 0 saturated carbocycles. The van der Waals surface area contributed by atoms with Gasteiger partial charge in [0.05, 0.1) is 0 Å². The number of rotatable bonds is 3. The molecule has 1 heterocycles. The Morgan fingerprint density at radius 3 is 2.35 bits per heavy atom. The summed E-state index contributed by atoms with van der Waals surface area (Å²) in [5.74, 6) is -1.31. The zero-order chi connectivity index (χ0) is 15.5. The van der Waals surface area contributed by atoms with Gasteiger partial charge in [0.1, 0.15) is 4.88 Å². The second kappa shape index (κ2) is 6.95. The molecule has 0 atom stereocenters. The number of ketones is 1. The normalized spacial score (nSPS) is 11.1. The quantitative estimate of drug-likeness (QED) is 0.481. The maximum Gasteiger partial charge on any atom is 0.327 e. The molecule has 20 heavy (non-hydrogen) atoms. The van der Waals surface area contributed by atoms with Crippen molar-refractivity contribution >= 4 is 81.4 Å². The Bertz CT molecular complexity index is 556. The molecular weight excluding hydrogens is 369 g/mol. The second-order valence-corrected chi connectivity index (χ2v) is 7.66. The van der Waals surface area contributed by atoms with Crippen LogP contribution in [0.3, 0.4) is 0 Å². The number of anilines is 1. The highest BCUT2D eigenvalue weighted by Gasteiger charge is 2.32. The van der Waals surface area contributed by atoms with Gasteiger partial charge in [-0.3, -0.25) is 20.2 Å². The van der Waals surface area contributed by atoms with E-state index in [1.807, 2.05) is 5.32 Å². The highest BCUT2D eigenvalue weighted by atomic mass is 35.6. The Morgan fingerprint density at radius 1 is 1.30 bits per heavy atom. The van der Waals surface area contributed by atoms with Crippen LogP contribution in [0, 0.1) is 0 Å². The standard InChI is InChI=1S/C9H8Cl3N3O3S2/c1-3(16)4-5(14-8(19-2)20-4)13-7(18)15-6(17)9(10,11)12/h1-2H3,(H2,13,15,17,18). The summed E-state index contributed by atoms with van der Waals surface area (Å²) in [5, 5.41) is 4.09. The van der Waals surface area contributed by atoms with Crippen molar-refractivity contribution in [1.82, 2.24) is 10.3 Å². The van der Waals surface area contributed by atoms with Crippen LogP contribution in [0.15, 0.2) is 4.34 Å². The first kappa shape index (κ1) is 17.5. The molecule has 0 aliphatic rings. The van der Waals surface area contributed by atoms with E-state index in [1.54, 1.807) is 6.26 Å². The van der Waals surface area contributed by atoms with Crippen LogP contribution >= 0.6 is 57.9 Å². The number of hydrogen-bond acceptors (Lipinski definition) is 6. The second-order valence-electron chi connectivity index (χ2n) is 3.32. The number of amides is 3. The Kier molecular flexibility index (Phi) is 6.08. The first-order chi connectivity index (χ1) is 9.15. The number of halogens is 3. The monoisotopic (exact) mass is 375 g/mol. The minimum absolute atomic E-state index is 0.0569. The Hall–Kier alpha value is -0.540. The third-order valence-corrected chi connectivity index (χ3v) is 4.47. The number of urea groups is 1. The maximum atomic E-state index is 11.6. The maximum absolute atomic E-state index is 11.6. The lowest BCUT2D eigenvalue weighted by atomic mass is 10.4. The number of thiazole rings is 1. The first-order valence-corrected chi connectivity index (χ1v) is 8.07. The van der Waals surface area contributed by atoms with Gasteiger partial charge >= 0.3 is 6.03 Å². The molecule has 0 aliphatic carbocycles. The molecule has 6 nitrogen and oxygen atoms in total. The summed E-state index contributed by atoms with van der Waals surface area (Å²) < 4.78 is -1.66. The average Bonchev–Trinajstić information content (AvgIpc) is 2.70. The summed E-state index contributed by atoms with van der Waals surface area (Å²) in [6.07, 6.45) is 1.78. The van der Waals surface area contributed by atoms with E-state index in [1.165, 1.54) is 18.7 Å². The molecule has 0 aromatic carbocycles. The average molecular weight is 377 g/mol. The van der Waals surface area contributed by atoms with Crippen molar-refractivity contribution in [3.8, 4) is 0 Å². The fourth-order valence-electron chi connectivity index (χ4n) is 1.02. The van der Waals surface area contributed by atoms with E-state index >= 15 is 0 Å². The summed E-state index contributed by atoms with van der Waals surface area (Å²) in [5.41, 5.74) is 0. The molecule has 0 spiro atoms. The number of carbonyl (C=O) groups is 3. The van der Waals surface area contributed by atoms with Gasteiger partial charge in [-0.05, 0) is 6.26 Å². The number of alkyl halides is 3. The molecule has 1 rings (SSSR count). The Labute approximate surface area is 137 Å². The van der Waals surface area contributed by atoms with Crippen molar-refractivity contribution in [2.75, 3.05) is 11.6 Å². The van der Waals surface area contributed by atoms with E-state index in [-0.39, 0.29) is 16.5 Å². The minimum Gasteiger partial charge on any atom is -0.293 e. The van der Waals surface area contributed by atoms with Gasteiger partial charge < -0.3 is 0 Å². The summed E-state index contributed by atoms with van der Waals surface area (Å²) >= 11 is 18.4. The third kappa shape index (κ3) is 4.78. The zero-order valence-corrected chi connectivity index (χ0v) is 14.0. The molecule has 0 saturated heterocycles. The zero-order valence-electron chi connectivity index (χ0n) is 10.1. The number of imide groups is 1. The van der Waals surface area contributed by atoms with Gasteiger partial charge in [0.2, 0.25) is 0 Å². The topological polar surface area (TPSA) is 88.2 Å². The highest BCUT2D eigenvalue weighted by Crippen LogP contribution is 2.29. The molecule has 110 valence electrons.